The first-order valence-electron chi connectivity index (χ1n) is 6.51. The fourth-order valence-electron chi connectivity index (χ4n) is 2.43. The summed E-state index contributed by atoms with van der Waals surface area (Å²) in [5.74, 6) is 0.0794. The van der Waals surface area contributed by atoms with Gasteiger partial charge in [0.1, 0.15) is 4.90 Å². The number of aryl methyl sites for hydroxylation is 1. The van der Waals surface area contributed by atoms with Crippen molar-refractivity contribution < 1.29 is 8.42 Å². The first kappa shape index (κ1) is 15.8. The number of hydrogen-bond donors (Lipinski definition) is 1. The molecule has 0 unspecified atom stereocenters. The van der Waals surface area contributed by atoms with E-state index in [1.54, 1.807) is 6.92 Å². The number of halogens is 1. The van der Waals surface area contributed by atoms with Gasteiger partial charge in [0.05, 0.1) is 17.3 Å². The van der Waals surface area contributed by atoms with Crippen LogP contribution in [0, 0.1) is 6.92 Å². The van der Waals surface area contributed by atoms with Gasteiger partial charge in [-0.2, -0.15) is 9.40 Å². The van der Waals surface area contributed by atoms with Crippen LogP contribution in [0.3, 0.4) is 0 Å². The molecule has 1 aliphatic rings. The van der Waals surface area contributed by atoms with E-state index in [2.05, 4.69) is 15.1 Å². The van der Waals surface area contributed by atoms with Crippen molar-refractivity contribution in [2.24, 2.45) is 0 Å². The average Bonchev–Trinajstić information content (AvgIpc) is 2.74. The maximum atomic E-state index is 12.8. The van der Waals surface area contributed by atoms with Crippen molar-refractivity contribution >= 4 is 21.6 Å². The zero-order chi connectivity index (χ0) is 15.1. The van der Waals surface area contributed by atoms with Crippen molar-refractivity contribution in [3.05, 3.63) is 11.4 Å². The number of H-pyrrole nitrogens is 1. The molecule has 0 aliphatic carbocycles. The SMILES string of the molecule is Cc1[nH]nc(CCl)c1S(=O)(=O)N1CCN(C)C(C)(C)C1. The van der Waals surface area contributed by atoms with E-state index in [4.69, 9.17) is 11.6 Å². The molecule has 2 heterocycles. The summed E-state index contributed by atoms with van der Waals surface area (Å²) in [4.78, 5) is 2.40. The third-order valence-corrected chi connectivity index (χ3v) is 6.27. The van der Waals surface area contributed by atoms with Crippen molar-refractivity contribution in [3.63, 3.8) is 0 Å². The van der Waals surface area contributed by atoms with Gasteiger partial charge in [-0.15, -0.1) is 11.6 Å². The van der Waals surface area contributed by atoms with Crippen LogP contribution in [0.4, 0.5) is 0 Å². The van der Waals surface area contributed by atoms with Crippen LogP contribution in [0.1, 0.15) is 25.2 Å². The number of nitrogens with zero attached hydrogens (tertiary/aromatic N) is 3. The Hall–Kier alpha value is -0.630. The summed E-state index contributed by atoms with van der Waals surface area (Å²) in [7, 11) is -1.55. The van der Waals surface area contributed by atoms with E-state index in [0.717, 1.165) is 0 Å². The summed E-state index contributed by atoms with van der Waals surface area (Å²) in [6, 6.07) is 0. The molecule has 1 fully saturated rings. The van der Waals surface area contributed by atoms with Gasteiger partial charge in [0, 0.05) is 25.2 Å². The number of likely N-dealkylation sites (N-methyl/N-ethyl adjacent to an activating group) is 1. The van der Waals surface area contributed by atoms with Gasteiger partial charge in [0.15, 0.2) is 0 Å². The first-order valence-corrected chi connectivity index (χ1v) is 8.49. The molecule has 1 aliphatic heterocycles. The van der Waals surface area contributed by atoms with Crippen molar-refractivity contribution in [2.45, 2.75) is 37.1 Å². The van der Waals surface area contributed by atoms with Crippen LogP contribution in [-0.4, -0.2) is 60.0 Å². The molecular weight excluding hydrogens is 300 g/mol. The van der Waals surface area contributed by atoms with Crippen LogP contribution in [0.2, 0.25) is 0 Å². The van der Waals surface area contributed by atoms with Gasteiger partial charge in [-0.25, -0.2) is 8.42 Å². The van der Waals surface area contributed by atoms with Crippen molar-refractivity contribution in [2.75, 3.05) is 26.7 Å². The molecule has 0 amide bonds. The summed E-state index contributed by atoms with van der Waals surface area (Å²) >= 11 is 5.80. The zero-order valence-corrected chi connectivity index (χ0v) is 13.8. The lowest BCUT2D eigenvalue weighted by atomic mass is 10.0. The quantitative estimate of drug-likeness (QED) is 0.849. The van der Waals surface area contributed by atoms with Crippen LogP contribution in [-0.2, 0) is 15.9 Å². The van der Waals surface area contributed by atoms with Crippen molar-refractivity contribution in [1.29, 1.82) is 0 Å². The van der Waals surface area contributed by atoms with E-state index in [0.29, 0.717) is 31.0 Å². The highest BCUT2D eigenvalue weighted by atomic mass is 35.5. The van der Waals surface area contributed by atoms with Crippen molar-refractivity contribution in [1.82, 2.24) is 19.4 Å². The Morgan fingerprint density at radius 3 is 2.60 bits per heavy atom. The van der Waals surface area contributed by atoms with Crippen LogP contribution in [0.15, 0.2) is 4.90 Å². The lowest BCUT2D eigenvalue weighted by Gasteiger charge is -2.44. The molecule has 0 saturated carbocycles. The third kappa shape index (κ3) is 2.59. The van der Waals surface area contributed by atoms with E-state index in [9.17, 15) is 8.42 Å². The van der Waals surface area contributed by atoms with Gasteiger partial charge in [-0.3, -0.25) is 10.00 Å². The maximum absolute atomic E-state index is 12.8. The molecule has 0 spiro atoms. The number of alkyl halides is 1. The Kier molecular flexibility index (Phi) is 4.17. The van der Waals surface area contributed by atoms with Gasteiger partial charge in [0.25, 0.3) is 0 Å². The second-order valence-corrected chi connectivity index (χ2v) is 7.97. The summed E-state index contributed by atoms with van der Waals surface area (Å²) in [5, 5.41) is 6.69. The largest absolute Gasteiger partial charge is 0.299 e. The predicted octanol–water partition coefficient (Wildman–Crippen LogP) is 1.17. The molecule has 20 heavy (non-hydrogen) atoms. The van der Waals surface area contributed by atoms with Gasteiger partial charge in [0.2, 0.25) is 10.0 Å². The zero-order valence-electron chi connectivity index (χ0n) is 12.3. The third-order valence-electron chi connectivity index (χ3n) is 3.97. The number of rotatable bonds is 3. The van der Waals surface area contributed by atoms with Gasteiger partial charge < -0.3 is 0 Å². The monoisotopic (exact) mass is 320 g/mol. The molecule has 2 rings (SSSR count). The molecule has 1 aromatic heterocycles. The maximum Gasteiger partial charge on any atom is 0.246 e. The molecule has 0 radical (unpaired) electrons. The van der Waals surface area contributed by atoms with E-state index < -0.39 is 10.0 Å². The van der Waals surface area contributed by atoms with E-state index in [1.807, 2.05) is 20.9 Å². The standard InChI is InChI=1S/C12H21ClN4O2S/c1-9-11(10(7-13)15-14-9)20(18,19)17-6-5-16(4)12(2,3)8-17/h5-8H2,1-4H3,(H,14,15). The second-order valence-electron chi connectivity index (χ2n) is 5.83. The lowest BCUT2D eigenvalue weighted by molar-refractivity contribution is 0.0801. The molecular formula is C12H21ClN4O2S. The first-order chi connectivity index (χ1) is 9.20. The van der Waals surface area contributed by atoms with Crippen LogP contribution in [0.25, 0.3) is 0 Å². The van der Waals surface area contributed by atoms with Crippen LogP contribution in [0.5, 0.6) is 0 Å². The summed E-state index contributed by atoms with van der Waals surface area (Å²) in [6.45, 7) is 7.43. The Labute approximate surface area is 125 Å². The molecule has 1 N–H and O–H groups in total. The lowest BCUT2D eigenvalue weighted by Crippen LogP contribution is -2.58. The van der Waals surface area contributed by atoms with E-state index >= 15 is 0 Å². The van der Waals surface area contributed by atoms with Crippen LogP contribution < -0.4 is 0 Å². The summed E-state index contributed by atoms with van der Waals surface area (Å²) in [6.07, 6.45) is 0. The molecule has 0 bridgehead atoms. The minimum absolute atomic E-state index is 0.0794. The number of nitrogens with one attached hydrogen (secondary N) is 1. The minimum Gasteiger partial charge on any atom is -0.299 e. The Bertz CT molecular complexity index is 597. The van der Waals surface area contributed by atoms with Gasteiger partial charge in [-0.05, 0) is 27.8 Å². The molecule has 0 atom stereocenters. The molecule has 8 heteroatoms. The Morgan fingerprint density at radius 1 is 1.40 bits per heavy atom. The second kappa shape index (κ2) is 5.29. The van der Waals surface area contributed by atoms with Gasteiger partial charge >= 0.3 is 0 Å². The fourth-order valence-corrected chi connectivity index (χ4v) is 4.62. The normalized spacial score (nSPS) is 21.2. The molecule has 0 aromatic carbocycles. The highest BCUT2D eigenvalue weighted by molar-refractivity contribution is 7.89. The number of aromatic nitrogens is 2. The summed E-state index contributed by atoms with van der Waals surface area (Å²) < 4.78 is 27.2. The Morgan fingerprint density at radius 2 is 2.05 bits per heavy atom. The molecule has 6 nitrogen and oxygen atoms in total. The topological polar surface area (TPSA) is 69.3 Å². The highest BCUT2D eigenvalue weighted by Gasteiger charge is 2.39. The smallest absolute Gasteiger partial charge is 0.246 e. The van der Waals surface area contributed by atoms with Crippen molar-refractivity contribution in [3.8, 4) is 0 Å². The molecule has 1 saturated heterocycles. The molecule has 1 aromatic rings. The fraction of sp³-hybridized carbons (Fsp3) is 0.750. The van der Waals surface area contributed by atoms with E-state index in [1.165, 1.54) is 4.31 Å². The number of hydrogen-bond acceptors (Lipinski definition) is 4. The highest BCUT2D eigenvalue weighted by Crippen LogP contribution is 2.28. The predicted molar refractivity (Wildman–Crippen MR) is 78.3 cm³/mol. The minimum atomic E-state index is -3.56. The van der Waals surface area contributed by atoms with Crippen LogP contribution >= 0.6 is 11.6 Å². The number of sulfonamides is 1. The molecule has 114 valence electrons. The number of aromatic amines is 1. The average molecular weight is 321 g/mol. The van der Waals surface area contributed by atoms with E-state index in [-0.39, 0.29) is 16.3 Å². The number of piperazine rings is 1. The van der Waals surface area contributed by atoms with Gasteiger partial charge in [-0.1, -0.05) is 0 Å². The summed E-state index contributed by atoms with van der Waals surface area (Å²) in [5.41, 5.74) is 0.739. The Balaban J connectivity index is 2.39.